The monoisotopic (exact) mass is 178 g/mol. The third-order valence-electron chi connectivity index (χ3n) is 1.98. The molecule has 0 unspecified atom stereocenters. The van der Waals surface area contributed by atoms with Crippen LogP contribution in [0.2, 0.25) is 0 Å². The van der Waals surface area contributed by atoms with E-state index in [0.29, 0.717) is 6.54 Å². The second-order valence-electron chi connectivity index (χ2n) is 2.72. The molecule has 5 heteroatoms. The Bertz CT molecular complexity index is 207. The quantitative estimate of drug-likeness (QED) is 0.587. The van der Waals surface area contributed by atoms with E-state index in [1.807, 2.05) is 0 Å². The van der Waals surface area contributed by atoms with Crippen molar-refractivity contribution in [1.29, 1.82) is 0 Å². The van der Waals surface area contributed by atoms with E-state index in [0.717, 1.165) is 19.4 Å². The highest BCUT2D eigenvalue weighted by Crippen LogP contribution is 2.09. The lowest BCUT2D eigenvalue weighted by atomic mass is 10.2. The summed E-state index contributed by atoms with van der Waals surface area (Å²) in [5.41, 5.74) is 0. The van der Waals surface area contributed by atoms with Crippen molar-refractivity contribution in [2.24, 2.45) is 0 Å². The summed E-state index contributed by atoms with van der Waals surface area (Å²) < 4.78 is 24.7. The van der Waals surface area contributed by atoms with Crippen molar-refractivity contribution in [2.45, 2.75) is 18.1 Å². The van der Waals surface area contributed by atoms with Gasteiger partial charge in [-0.2, -0.15) is 0 Å². The molecule has 1 aliphatic rings. The van der Waals surface area contributed by atoms with Crippen LogP contribution in [0.3, 0.4) is 0 Å². The van der Waals surface area contributed by atoms with Crippen LogP contribution in [-0.4, -0.2) is 33.8 Å². The Hall–Kier alpha value is -0.130. The fourth-order valence-electron chi connectivity index (χ4n) is 1.25. The Morgan fingerprint density at radius 3 is 2.73 bits per heavy atom. The molecule has 0 aliphatic carbocycles. The lowest BCUT2D eigenvalue weighted by Crippen LogP contribution is -2.43. The fourth-order valence-corrected chi connectivity index (χ4v) is 2.40. The maximum absolute atomic E-state index is 11.2. The van der Waals surface area contributed by atoms with Crippen LogP contribution in [0.1, 0.15) is 12.8 Å². The van der Waals surface area contributed by atoms with Crippen LogP contribution in [0, 0.1) is 0 Å². The molecule has 4 nitrogen and oxygen atoms in total. The van der Waals surface area contributed by atoms with E-state index in [4.69, 9.17) is 0 Å². The van der Waals surface area contributed by atoms with Crippen molar-refractivity contribution in [1.82, 2.24) is 10.0 Å². The largest absolute Gasteiger partial charge is 0.315 e. The van der Waals surface area contributed by atoms with Gasteiger partial charge < -0.3 is 5.32 Å². The van der Waals surface area contributed by atoms with Crippen LogP contribution >= 0.6 is 0 Å². The van der Waals surface area contributed by atoms with Gasteiger partial charge in [-0.15, -0.1) is 0 Å². The maximum Gasteiger partial charge on any atom is 0.215 e. The fraction of sp³-hybridized carbons (Fsp3) is 1.00. The van der Waals surface area contributed by atoms with Crippen molar-refractivity contribution >= 4 is 10.0 Å². The highest BCUT2D eigenvalue weighted by atomic mass is 32.2. The molecule has 1 fully saturated rings. The van der Waals surface area contributed by atoms with Crippen molar-refractivity contribution in [3.8, 4) is 0 Å². The molecule has 0 aromatic carbocycles. The molecule has 1 rings (SSSR count). The SMILES string of the molecule is CNS(=O)(=O)[C@H]1CCCNC1. The molecule has 0 aromatic heterocycles. The van der Waals surface area contributed by atoms with Gasteiger partial charge in [0.05, 0.1) is 5.25 Å². The molecule has 0 bridgehead atoms. The highest BCUT2D eigenvalue weighted by molar-refractivity contribution is 7.90. The molecule has 0 spiro atoms. The Morgan fingerprint density at radius 2 is 2.27 bits per heavy atom. The Balaban J connectivity index is 2.58. The third kappa shape index (κ3) is 2.15. The van der Waals surface area contributed by atoms with Gasteiger partial charge in [0.1, 0.15) is 0 Å². The van der Waals surface area contributed by atoms with E-state index in [9.17, 15) is 8.42 Å². The Labute approximate surface area is 67.4 Å². The molecular formula is C6H14N2O2S. The number of hydrogen-bond acceptors (Lipinski definition) is 3. The summed E-state index contributed by atoms with van der Waals surface area (Å²) in [7, 11) is -1.57. The van der Waals surface area contributed by atoms with Crippen LogP contribution in [0.25, 0.3) is 0 Å². The summed E-state index contributed by atoms with van der Waals surface area (Å²) in [6, 6.07) is 0. The molecule has 1 heterocycles. The number of rotatable bonds is 2. The van der Waals surface area contributed by atoms with Crippen molar-refractivity contribution < 1.29 is 8.42 Å². The second-order valence-corrected chi connectivity index (χ2v) is 4.88. The van der Waals surface area contributed by atoms with Gasteiger partial charge in [0.2, 0.25) is 10.0 Å². The van der Waals surface area contributed by atoms with E-state index in [-0.39, 0.29) is 5.25 Å². The summed E-state index contributed by atoms with van der Waals surface area (Å²) in [6.07, 6.45) is 1.72. The smallest absolute Gasteiger partial charge is 0.215 e. The minimum atomic E-state index is -3.03. The molecule has 0 amide bonds. The van der Waals surface area contributed by atoms with E-state index >= 15 is 0 Å². The molecular weight excluding hydrogens is 164 g/mol. The molecule has 0 aromatic rings. The van der Waals surface area contributed by atoms with Gasteiger partial charge in [0.25, 0.3) is 0 Å². The zero-order valence-corrected chi connectivity index (χ0v) is 7.45. The Morgan fingerprint density at radius 1 is 1.55 bits per heavy atom. The molecule has 0 saturated carbocycles. The van der Waals surface area contributed by atoms with Crippen molar-refractivity contribution in [2.75, 3.05) is 20.1 Å². The minimum Gasteiger partial charge on any atom is -0.315 e. The summed E-state index contributed by atoms with van der Waals surface area (Å²) in [4.78, 5) is 0. The zero-order chi connectivity index (χ0) is 8.32. The van der Waals surface area contributed by atoms with E-state index in [1.54, 1.807) is 0 Å². The number of nitrogens with one attached hydrogen (secondary N) is 2. The summed E-state index contributed by atoms with van der Waals surface area (Å²) in [5.74, 6) is 0. The van der Waals surface area contributed by atoms with Crippen LogP contribution in [0.5, 0.6) is 0 Å². The van der Waals surface area contributed by atoms with Crippen LogP contribution in [0.4, 0.5) is 0 Å². The van der Waals surface area contributed by atoms with Crippen LogP contribution in [0.15, 0.2) is 0 Å². The standard InChI is InChI=1S/C6H14N2O2S/c1-7-11(9,10)6-3-2-4-8-5-6/h6-8H,2-5H2,1H3/t6-/m0/s1. The molecule has 66 valence electrons. The lowest BCUT2D eigenvalue weighted by molar-refractivity contribution is 0.493. The third-order valence-corrected chi connectivity index (χ3v) is 3.82. The maximum atomic E-state index is 11.2. The average Bonchev–Trinajstić information content (AvgIpc) is 2.06. The predicted octanol–water partition coefficient (Wildman–Crippen LogP) is -0.712. The topological polar surface area (TPSA) is 58.2 Å². The Kier molecular flexibility index (Phi) is 2.86. The first-order valence-electron chi connectivity index (χ1n) is 3.80. The zero-order valence-electron chi connectivity index (χ0n) is 6.63. The molecule has 1 atom stereocenters. The summed E-state index contributed by atoms with van der Waals surface area (Å²) in [5, 5.41) is 2.82. The number of sulfonamides is 1. The van der Waals surface area contributed by atoms with Gasteiger partial charge in [-0.3, -0.25) is 0 Å². The minimum absolute atomic E-state index is 0.235. The van der Waals surface area contributed by atoms with Gasteiger partial charge in [-0.05, 0) is 26.4 Å². The molecule has 1 saturated heterocycles. The first-order chi connectivity index (χ1) is 5.17. The van der Waals surface area contributed by atoms with Crippen molar-refractivity contribution in [3.63, 3.8) is 0 Å². The average molecular weight is 178 g/mol. The van der Waals surface area contributed by atoms with E-state index in [2.05, 4.69) is 10.0 Å². The van der Waals surface area contributed by atoms with Gasteiger partial charge in [-0.25, -0.2) is 13.1 Å². The first kappa shape index (κ1) is 8.96. The number of piperidine rings is 1. The van der Waals surface area contributed by atoms with Crippen LogP contribution < -0.4 is 10.0 Å². The number of hydrogen-bond donors (Lipinski definition) is 2. The van der Waals surface area contributed by atoms with Gasteiger partial charge >= 0.3 is 0 Å². The summed E-state index contributed by atoms with van der Waals surface area (Å²) in [6.45, 7) is 1.53. The normalized spacial score (nSPS) is 26.8. The highest BCUT2D eigenvalue weighted by Gasteiger charge is 2.24. The molecule has 0 radical (unpaired) electrons. The van der Waals surface area contributed by atoms with Gasteiger partial charge in [-0.1, -0.05) is 0 Å². The molecule has 11 heavy (non-hydrogen) atoms. The lowest BCUT2D eigenvalue weighted by Gasteiger charge is -2.21. The van der Waals surface area contributed by atoms with Gasteiger partial charge in [0, 0.05) is 6.54 Å². The van der Waals surface area contributed by atoms with E-state index in [1.165, 1.54) is 7.05 Å². The summed E-state index contributed by atoms with van der Waals surface area (Å²) >= 11 is 0. The second kappa shape index (κ2) is 3.51. The predicted molar refractivity (Wildman–Crippen MR) is 43.9 cm³/mol. The van der Waals surface area contributed by atoms with Crippen LogP contribution in [-0.2, 0) is 10.0 Å². The van der Waals surface area contributed by atoms with Crippen molar-refractivity contribution in [3.05, 3.63) is 0 Å². The molecule has 1 aliphatic heterocycles. The molecule has 2 N–H and O–H groups in total. The van der Waals surface area contributed by atoms with E-state index < -0.39 is 10.0 Å². The van der Waals surface area contributed by atoms with Gasteiger partial charge in [0.15, 0.2) is 0 Å². The first-order valence-corrected chi connectivity index (χ1v) is 5.34.